The Kier molecular flexibility index (Phi) is 5.65. The van der Waals surface area contributed by atoms with Gasteiger partial charge in [-0.2, -0.15) is 0 Å². The summed E-state index contributed by atoms with van der Waals surface area (Å²) >= 11 is 0. The first-order valence-corrected chi connectivity index (χ1v) is 6.50. The van der Waals surface area contributed by atoms with E-state index in [0.717, 1.165) is 6.07 Å². The van der Waals surface area contributed by atoms with Crippen LogP contribution in [0.1, 0.15) is 24.2 Å². The van der Waals surface area contributed by atoms with Crippen LogP contribution in [0.5, 0.6) is 0 Å². The number of benzene rings is 1. The van der Waals surface area contributed by atoms with Gasteiger partial charge in [-0.15, -0.1) is 0 Å². The summed E-state index contributed by atoms with van der Waals surface area (Å²) in [4.78, 5) is 34.9. The molecule has 0 heterocycles. The lowest BCUT2D eigenvalue weighted by molar-refractivity contribution is -0.384. The molecule has 0 saturated carbocycles. The Morgan fingerprint density at radius 2 is 1.95 bits per heavy atom. The van der Waals surface area contributed by atoms with Gasteiger partial charge in [-0.3, -0.25) is 19.7 Å². The number of rotatable bonds is 7. The molecule has 0 unspecified atom stereocenters. The summed E-state index contributed by atoms with van der Waals surface area (Å²) in [5.41, 5.74) is 5.01. The maximum absolute atomic E-state index is 11.9. The van der Waals surface area contributed by atoms with Gasteiger partial charge in [0.05, 0.1) is 11.5 Å². The van der Waals surface area contributed by atoms with Crippen LogP contribution in [0.2, 0.25) is 0 Å². The summed E-state index contributed by atoms with van der Waals surface area (Å²) in [6, 6.07) is 3.83. The average molecular weight is 294 g/mol. The zero-order valence-electron chi connectivity index (χ0n) is 12.0. The molecule has 0 atom stereocenters. The maximum atomic E-state index is 11.9. The van der Waals surface area contributed by atoms with Gasteiger partial charge in [0.1, 0.15) is 5.69 Å². The molecule has 0 aliphatic carbocycles. The van der Waals surface area contributed by atoms with Gasteiger partial charge >= 0.3 is 0 Å². The van der Waals surface area contributed by atoms with Crippen LogP contribution in [0.25, 0.3) is 0 Å². The third kappa shape index (κ3) is 4.16. The van der Waals surface area contributed by atoms with E-state index in [1.54, 1.807) is 4.90 Å². The van der Waals surface area contributed by atoms with Gasteiger partial charge in [0.2, 0.25) is 11.8 Å². The van der Waals surface area contributed by atoms with Crippen LogP contribution in [-0.4, -0.2) is 41.3 Å². The third-order valence-electron chi connectivity index (χ3n) is 3.03. The molecule has 0 aliphatic rings. The van der Waals surface area contributed by atoms with Crippen LogP contribution in [0.15, 0.2) is 18.2 Å². The normalized spacial score (nSPS) is 10.0. The molecule has 8 nitrogen and oxygen atoms in total. The Bertz CT molecular complexity index is 555. The van der Waals surface area contributed by atoms with E-state index in [4.69, 9.17) is 5.73 Å². The van der Waals surface area contributed by atoms with Crippen molar-refractivity contribution in [1.82, 2.24) is 4.90 Å². The van der Waals surface area contributed by atoms with Crippen molar-refractivity contribution in [3.05, 3.63) is 33.9 Å². The van der Waals surface area contributed by atoms with E-state index in [1.807, 2.05) is 13.8 Å². The number of primary amides is 1. The van der Waals surface area contributed by atoms with Crippen molar-refractivity contribution in [3.8, 4) is 0 Å². The summed E-state index contributed by atoms with van der Waals surface area (Å²) in [6.07, 6.45) is 0. The zero-order valence-corrected chi connectivity index (χ0v) is 12.0. The summed E-state index contributed by atoms with van der Waals surface area (Å²) in [7, 11) is 0. The quantitative estimate of drug-likeness (QED) is 0.573. The first kappa shape index (κ1) is 16.4. The second-order valence-electron chi connectivity index (χ2n) is 4.27. The summed E-state index contributed by atoms with van der Waals surface area (Å²) in [6.45, 7) is 4.79. The molecule has 0 spiro atoms. The molecule has 1 aromatic carbocycles. The van der Waals surface area contributed by atoms with Crippen LogP contribution >= 0.6 is 0 Å². The summed E-state index contributed by atoms with van der Waals surface area (Å²) in [5, 5.41) is 13.7. The van der Waals surface area contributed by atoms with E-state index in [-0.39, 0.29) is 29.4 Å². The first-order chi connectivity index (χ1) is 9.90. The first-order valence-electron chi connectivity index (χ1n) is 6.50. The van der Waals surface area contributed by atoms with E-state index >= 15 is 0 Å². The predicted octanol–water partition coefficient (Wildman–Crippen LogP) is 0.974. The number of nitro groups is 1. The minimum Gasteiger partial charge on any atom is -0.371 e. The molecular formula is C13H18N4O4. The molecule has 0 saturated heterocycles. The number of carbonyl (C=O) groups excluding carboxylic acids is 2. The number of hydrogen-bond acceptors (Lipinski definition) is 5. The molecular weight excluding hydrogens is 276 g/mol. The standard InChI is InChI=1S/C13H18N4O4/c1-3-16(4-2)12(18)8-15-10-6-5-9(13(14)19)7-11(10)17(20)21/h5-7,15H,3-4,8H2,1-2H3,(H2,14,19). The molecule has 8 heteroatoms. The number of nitrogens with one attached hydrogen (secondary N) is 1. The van der Waals surface area contributed by atoms with Gasteiger partial charge in [0.25, 0.3) is 5.69 Å². The van der Waals surface area contributed by atoms with Crippen LogP contribution < -0.4 is 11.1 Å². The van der Waals surface area contributed by atoms with Gasteiger partial charge in [0, 0.05) is 24.7 Å². The van der Waals surface area contributed by atoms with Gasteiger partial charge in [-0.25, -0.2) is 0 Å². The molecule has 0 aliphatic heterocycles. The number of nitrogens with zero attached hydrogens (tertiary/aromatic N) is 2. The van der Waals surface area contributed by atoms with Gasteiger partial charge in [-0.1, -0.05) is 0 Å². The number of anilines is 1. The van der Waals surface area contributed by atoms with Crippen molar-refractivity contribution in [3.63, 3.8) is 0 Å². The van der Waals surface area contributed by atoms with Crippen LogP contribution in [0.4, 0.5) is 11.4 Å². The Hall–Kier alpha value is -2.64. The fraction of sp³-hybridized carbons (Fsp3) is 0.385. The highest BCUT2D eigenvalue weighted by Crippen LogP contribution is 2.25. The topological polar surface area (TPSA) is 119 Å². The number of nitro benzene ring substituents is 1. The molecule has 0 aromatic heterocycles. The number of hydrogen-bond donors (Lipinski definition) is 2. The third-order valence-corrected chi connectivity index (χ3v) is 3.03. The van der Waals surface area contributed by atoms with Crippen molar-refractivity contribution >= 4 is 23.2 Å². The highest BCUT2D eigenvalue weighted by molar-refractivity contribution is 5.94. The van der Waals surface area contributed by atoms with Crippen LogP contribution in [0.3, 0.4) is 0 Å². The van der Waals surface area contributed by atoms with Crippen molar-refractivity contribution in [2.24, 2.45) is 5.73 Å². The highest BCUT2D eigenvalue weighted by atomic mass is 16.6. The Labute approximate surface area is 122 Å². The lowest BCUT2D eigenvalue weighted by Crippen LogP contribution is -2.35. The fourth-order valence-corrected chi connectivity index (χ4v) is 1.84. The van der Waals surface area contributed by atoms with Crippen molar-refractivity contribution in [2.75, 3.05) is 25.0 Å². The van der Waals surface area contributed by atoms with Gasteiger partial charge in [-0.05, 0) is 26.0 Å². The summed E-state index contributed by atoms with van der Waals surface area (Å²) < 4.78 is 0. The van der Waals surface area contributed by atoms with Crippen molar-refractivity contribution < 1.29 is 14.5 Å². The Morgan fingerprint density at radius 1 is 1.33 bits per heavy atom. The average Bonchev–Trinajstić information content (AvgIpc) is 2.45. The second kappa shape index (κ2) is 7.22. The summed E-state index contributed by atoms with van der Waals surface area (Å²) in [5.74, 6) is -0.905. The Morgan fingerprint density at radius 3 is 2.43 bits per heavy atom. The molecule has 0 radical (unpaired) electrons. The predicted molar refractivity (Wildman–Crippen MR) is 78.0 cm³/mol. The van der Waals surface area contributed by atoms with Gasteiger partial charge in [0.15, 0.2) is 0 Å². The monoisotopic (exact) mass is 294 g/mol. The molecule has 0 bridgehead atoms. The van der Waals surface area contributed by atoms with E-state index in [1.165, 1.54) is 12.1 Å². The molecule has 21 heavy (non-hydrogen) atoms. The SMILES string of the molecule is CCN(CC)C(=O)CNc1ccc(C(N)=O)cc1[N+](=O)[O-]. The fourth-order valence-electron chi connectivity index (χ4n) is 1.84. The zero-order chi connectivity index (χ0) is 16.0. The number of amides is 2. The van der Waals surface area contributed by atoms with E-state index in [2.05, 4.69) is 5.32 Å². The van der Waals surface area contributed by atoms with E-state index < -0.39 is 10.8 Å². The molecule has 1 rings (SSSR count). The van der Waals surface area contributed by atoms with Crippen molar-refractivity contribution in [1.29, 1.82) is 0 Å². The Balaban J connectivity index is 2.91. The number of nitrogens with two attached hydrogens (primary N) is 1. The van der Waals surface area contributed by atoms with E-state index in [0.29, 0.717) is 13.1 Å². The smallest absolute Gasteiger partial charge is 0.293 e. The molecule has 0 fully saturated rings. The number of likely N-dealkylation sites (N-methyl/N-ethyl adjacent to an activating group) is 1. The van der Waals surface area contributed by atoms with Crippen molar-refractivity contribution in [2.45, 2.75) is 13.8 Å². The van der Waals surface area contributed by atoms with Crippen LogP contribution in [0, 0.1) is 10.1 Å². The second-order valence-corrected chi connectivity index (χ2v) is 4.27. The minimum atomic E-state index is -0.746. The lowest BCUT2D eigenvalue weighted by Gasteiger charge is -2.19. The van der Waals surface area contributed by atoms with E-state index in [9.17, 15) is 19.7 Å². The molecule has 2 amide bonds. The largest absolute Gasteiger partial charge is 0.371 e. The van der Waals surface area contributed by atoms with Crippen LogP contribution in [-0.2, 0) is 4.79 Å². The minimum absolute atomic E-state index is 0.0438. The highest BCUT2D eigenvalue weighted by Gasteiger charge is 2.18. The molecule has 1 aromatic rings. The van der Waals surface area contributed by atoms with Gasteiger partial charge < -0.3 is 16.0 Å². The molecule has 114 valence electrons. The lowest BCUT2D eigenvalue weighted by atomic mass is 10.1. The molecule has 3 N–H and O–H groups in total. The maximum Gasteiger partial charge on any atom is 0.293 e. The number of carbonyl (C=O) groups is 2.